The van der Waals surface area contributed by atoms with Gasteiger partial charge in [0.2, 0.25) is 0 Å². The first-order chi connectivity index (χ1) is 9.80. The van der Waals surface area contributed by atoms with Crippen molar-refractivity contribution in [2.45, 2.75) is 26.3 Å². The Bertz CT molecular complexity index is 415. The van der Waals surface area contributed by atoms with Crippen molar-refractivity contribution in [3.63, 3.8) is 0 Å². The van der Waals surface area contributed by atoms with E-state index in [9.17, 15) is 0 Å². The van der Waals surface area contributed by atoms with Gasteiger partial charge in [-0.25, -0.2) is 9.98 Å². The maximum absolute atomic E-state index is 4.56. The predicted molar refractivity (Wildman–Crippen MR) is 91.8 cm³/mol. The molecule has 20 heavy (non-hydrogen) atoms. The molecule has 1 aromatic heterocycles. The van der Waals surface area contributed by atoms with E-state index in [1.54, 1.807) is 11.3 Å². The lowest BCUT2D eigenvalue weighted by Gasteiger charge is -2.10. The molecule has 0 saturated heterocycles. The van der Waals surface area contributed by atoms with Crippen LogP contribution in [-0.4, -0.2) is 36.0 Å². The van der Waals surface area contributed by atoms with Gasteiger partial charge in [0.25, 0.3) is 0 Å². The van der Waals surface area contributed by atoms with E-state index in [-0.39, 0.29) is 0 Å². The molecular weight excluding hydrogens is 288 g/mol. The highest BCUT2D eigenvalue weighted by Gasteiger charge is 2.01. The Morgan fingerprint density at radius 1 is 1.55 bits per heavy atom. The smallest absolute Gasteiger partial charge is 0.191 e. The highest BCUT2D eigenvalue weighted by atomic mass is 32.2. The summed E-state index contributed by atoms with van der Waals surface area (Å²) in [5.74, 6) is 1.99. The molecule has 6 heteroatoms. The fraction of sp³-hybridized carbons (Fsp3) is 0.571. The molecule has 4 nitrogen and oxygen atoms in total. The van der Waals surface area contributed by atoms with Crippen LogP contribution in [-0.2, 0) is 13.0 Å². The van der Waals surface area contributed by atoms with Gasteiger partial charge < -0.3 is 10.6 Å². The Kier molecular flexibility index (Phi) is 9.15. The molecule has 0 saturated carbocycles. The van der Waals surface area contributed by atoms with Crippen molar-refractivity contribution < 1.29 is 0 Å². The third kappa shape index (κ3) is 6.96. The first-order valence-corrected chi connectivity index (χ1v) is 9.12. The summed E-state index contributed by atoms with van der Waals surface area (Å²) in [6.45, 7) is 8.10. The molecule has 0 aliphatic heterocycles. The number of thiazole rings is 1. The number of nitrogens with zero attached hydrogens (tertiary/aromatic N) is 2. The van der Waals surface area contributed by atoms with E-state index in [4.69, 9.17) is 0 Å². The van der Waals surface area contributed by atoms with Gasteiger partial charge in [-0.3, -0.25) is 0 Å². The zero-order valence-corrected chi connectivity index (χ0v) is 13.9. The van der Waals surface area contributed by atoms with E-state index in [2.05, 4.69) is 45.7 Å². The van der Waals surface area contributed by atoms with Crippen molar-refractivity contribution >= 4 is 29.1 Å². The van der Waals surface area contributed by atoms with E-state index >= 15 is 0 Å². The number of guanidine groups is 1. The molecule has 0 aliphatic rings. The molecule has 0 aliphatic carbocycles. The Hall–Kier alpha value is -1.01. The van der Waals surface area contributed by atoms with Crippen LogP contribution in [0, 0.1) is 0 Å². The minimum absolute atomic E-state index is 0.617. The Balaban J connectivity index is 2.47. The predicted octanol–water partition coefficient (Wildman–Crippen LogP) is 2.68. The maximum atomic E-state index is 4.56. The van der Waals surface area contributed by atoms with E-state index in [1.807, 2.05) is 17.8 Å². The van der Waals surface area contributed by atoms with Gasteiger partial charge >= 0.3 is 0 Å². The second-order valence-corrected chi connectivity index (χ2v) is 6.12. The average molecular weight is 313 g/mol. The van der Waals surface area contributed by atoms with Crippen LogP contribution in [0.1, 0.15) is 24.0 Å². The molecule has 2 N–H and O–H groups in total. The third-order valence-electron chi connectivity index (χ3n) is 2.53. The van der Waals surface area contributed by atoms with Crippen molar-refractivity contribution in [2.24, 2.45) is 4.99 Å². The molecule has 1 rings (SSSR count). The Labute approximate surface area is 130 Å². The zero-order chi connectivity index (χ0) is 14.6. The number of nitrogens with one attached hydrogen (secondary N) is 2. The van der Waals surface area contributed by atoms with Crippen LogP contribution in [0.3, 0.4) is 0 Å². The van der Waals surface area contributed by atoms with Crippen LogP contribution in [0.4, 0.5) is 0 Å². The quantitative estimate of drug-likeness (QED) is 0.318. The molecule has 1 heterocycles. The fourth-order valence-electron chi connectivity index (χ4n) is 1.51. The lowest BCUT2D eigenvalue weighted by molar-refractivity contribution is 0.797. The van der Waals surface area contributed by atoms with Crippen LogP contribution in [0.15, 0.2) is 23.0 Å². The summed E-state index contributed by atoms with van der Waals surface area (Å²) in [4.78, 5) is 9.08. The molecule has 1 aromatic rings. The molecule has 0 amide bonds. The summed E-state index contributed by atoms with van der Waals surface area (Å²) in [7, 11) is 0. The molecule has 112 valence electrons. The van der Waals surface area contributed by atoms with Crippen LogP contribution >= 0.6 is 23.1 Å². The van der Waals surface area contributed by atoms with Crippen molar-refractivity contribution in [2.75, 3.05) is 25.1 Å². The van der Waals surface area contributed by atoms with Crippen molar-refractivity contribution in [1.29, 1.82) is 0 Å². The highest BCUT2D eigenvalue weighted by molar-refractivity contribution is 7.98. The first kappa shape index (κ1) is 17.0. The lowest BCUT2D eigenvalue weighted by Crippen LogP contribution is -2.38. The number of aromatic nitrogens is 1. The van der Waals surface area contributed by atoms with Gasteiger partial charge in [-0.1, -0.05) is 13.0 Å². The topological polar surface area (TPSA) is 49.3 Å². The number of aliphatic imine (C=N–C) groups is 1. The normalized spacial score (nSPS) is 11.4. The minimum atomic E-state index is 0.617. The summed E-state index contributed by atoms with van der Waals surface area (Å²) >= 11 is 3.56. The second kappa shape index (κ2) is 10.7. The van der Waals surface area contributed by atoms with Gasteiger partial charge in [0.1, 0.15) is 0 Å². The fourth-order valence-corrected chi connectivity index (χ4v) is 2.68. The molecule has 0 bridgehead atoms. The van der Waals surface area contributed by atoms with Gasteiger partial charge in [-0.2, -0.15) is 11.8 Å². The molecule has 0 radical (unpaired) electrons. The largest absolute Gasteiger partial charge is 0.356 e. The summed E-state index contributed by atoms with van der Waals surface area (Å²) in [6, 6.07) is 0. The second-order valence-electron chi connectivity index (χ2n) is 4.19. The van der Waals surface area contributed by atoms with E-state index in [0.29, 0.717) is 13.1 Å². The van der Waals surface area contributed by atoms with Gasteiger partial charge in [0.05, 0.1) is 17.2 Å². The van der Waals surface area contributed by atoms with Crippen LogP contribution in [0.2, 0.25) is 0 Å². The maximum Gasteiger partial charge on any atom is 0.191 e. The van der Waals surface area contributed by atoms with Gasteiger partial charge in [0.15, 0.2) is 5.96 Å². The molecule has 0 unspecified atom stereocenters. The average Bonchev–Trinajstić information content (AvgIpc) is 2.93. The van der Waals surface area contributed by atoms with Gasteiger partial charge in [-0.15, -0.1) is 17.9 Å². The van der Waals surface area contributed by atoms with Gasteiger partial charge in [-0.05, 0) is 24.9 Å². The number of hydrogen-bond acceptors (Lipinski definition) is 4. The zero-order valence-electron chi connectivity index (χ0n) is 12.3. The van der Waals surface area contributed by atoms with Crippen LogP contribution in [0.5, 0.6) is 0 Å². The molecule has 0 aromatic carbocycles. The van der Waals surface area contributed by atoms with Crippen molar-refractivity contribution in [3.05, 3.63) is 28.7 Å². The summed E-state index contributed by atoms with van der Waals surface area (Å²) in [5, 5.41) is 9.82. The Morgan fingerprint density at radius 3 is 3.05 bits per heavy atom. The standard InChI is InChI=1S/C14H24N4S2/c1-4-7-15-14(16-8-6-9-19-3)17-10-12-11-20-13(5-2)18-12/h4,11H,1,5-10H2,2-3H3,(H2,15,16,17). The number of rotatable bonds is 9. The van der Waals surface area contributed by atoms with Crippen LogP contribution < -0.4 is 10.6 Å². The van der Waals surface area contributed by atoms with E-state index < -0.39 is 0 Å². The van der Waals surface area contributed by atoms with Crippen molar-refractivity contribution in [1.82, 2.24) is 15.6 Å². The van der Waals surface area contributed by atoms with E-state index in [1.165, 1.54) is 5.01 Å². The SMILES string of the molecule is C=CCNC(=NCc1csc(CC)n1)NCCCSC. The number of thioether (sulfide) groups is 1. The monoisotopic (exact) mass is 312 g/mol. The lowest BCUT2D eigenvalue weighted by atomic mass is 10.4. The summed E-state index contributed by atoms with van der Waals surface area (Å²) in [5.41, 5.74) is 1.04. The molecule has 0 spiro atoms. The summed E-state index contributed by atoms with van der Waals surface area (Å²) in [6.07, 6.45) is 6.07. The highest BCUT2D eigenvalue weighted by Crippen LogP contribution is 2.10. The van der Waals surface area contributed by atoms with E-state index in [0.717, 1.165) is 36.8 Å². The third-order valence-corrected chi connectivity index (χ3v) is 4.27. The Morgan fingerprint density at radius 2 is 2.40 bits per heavy atom. The summed E-state index contributed by atoms with van der Waals surface area (Å²) < 4.78 is 0. The number of hydrogen-bond donors (Lipinski definition) is 2. The first-order valence-electron chi connectivity index (χ1n) is 6.85. The molecular formula is C14H24N4S2. The van der Waals surface area contributed by atoms with Crippen molar-refractivity contribution in [3.8, 4) is 0 Å². The molecule has 0 fully saturated rings. The van der Waals surface area contributed by atoms with Gasteiger partial charge in [0, 0.05) is 18.5 Å². The minimum Gasteiger partial charge on any atom is -0.356 e. The van der Waals surface area contributed by atoms with Crippen LogP contribution in [0.25, 0.3) is 0 Å². The molecule has 0 atom stereocenters. The number of aryl methyl sites for hydroxylation is 1.